The molecule has 2 rings (SSSR count). The second kappa shape index (κ2) is 6.61. The van der Waals surface area contributed by atoms with Crippen molar-refractivity contribution in [3.05, 3.63) is 52.5 Å². The van der Waals surface area contributed by atoms with E-state index in [0.717, 1.165) is 5.56 Å². The molecule has 1 atom stereocenters. The average molecular weight is 321 g/mol. The molecule has 6 heteroatoms. The summed E-state index contributed by atoms with van der Waals surface area (Å²) in [5.41, 5.74) is 7.42. The first-order valence-corrected chi connectivity index (χ1v) is 7.75. The lowest BCUT2D eigenvalue weighted by molar-refractivity contribution is 0.413. The van der Waals surface area contributed by atoms with Crippen molar-refractivity contribution >= 4 is 28.1 Å². The van der Waals surface area contributed by atoms with Gasteiger partial charge in [-0.05, 0) is 35.9 Å². The molecule has 108 valence electrons. The standard InChI is InChI=1S/C15H13ClN2O2S/c1-20-14-4-2-10(6-11(14)8-17)9-21(19)15-5-3-12(16)7-13(15)18/h2-7H,9,18H2,1H3. The summed E-state index contributed by atoms with van der Waals surface area (Å²) in [5, 5.41) is 9.56. The minimum Gasteiger partial charge on any atom is -0.495 e. The van der Waals surface area contributed by atoms with Gasteiger partial charge in [0.1, 0.15) is 11.8 Å². The fourth-order valence-electron chi connectivity index (χ4n) is 1.89. The van der Waals surface area contributed by atoms with Crippen molar-refractivity contribution < 1.29 is 8.95 Å². The maximum absolute atomic E-state index is 12.4. The number of nitrogens with two attached hydrogens (primary N) is 1. The molecule has 0 bridgehead atoms. The van der Waals surface area contributed by atoms with Crippen molar-refractivity contribution in [1.29, 1.82) is 5.26 Å². The van der Waals surface area contributed by atoms with E-state index in [2.05, 4.69) is 6.07 Å². The Morgan fingerprint density at radius 2 is 2.10 bits per heavy atom. The van der Waals surface area contributed by atoms with Crippen LogP contribution >= 0.6 is 11.6 Å². The molecule has 0 heterocycles. The van der Waals surface area contributed by atoms with Crippen molar-refractivity contribution in [2.24, 2.45) is 0 Å². The van der Waals surface area contributed by atoms with Gasteiger partial charge in [-0.1, -0.05) is 17.7 Å². The minimum atomic E-state index is -1.31. The van der Waals surface area contributed by atoms with Gasteiger partial charge in [-0.2, -0.15) is 5.26 Å². The van der Waals surface area contributed by atoms with Gasteiger partial charge in [-0.15, -0.1) is 0 Å². The highest BCUT2D eigenvalue weighted by molar-refractivity contribution is 7.84. The maximum atomic E-state index is 12.4. The van der Waals surface area contributed by atoms with Gasteiger partial charge in [-0.3, -0.25) is 4.21 Å². The summed E-state index contributed by atoms with van der Waals surface area (Å²) in [4.78, 5) is 0.536. The Hall–Kier alpha value is -2.03. The summed E-state index contributed by atoms with van der Waals surface area (Å²) >= 11 is 5.83. The van der Waals surface area contributed by atoms with Crippen LogP contribution < -0.4 is 10.5 Å². The second-order valence-electron chi connectivity index (χ2n) is 4.32. The summed E-state index contributed by atoms with van der Waals surface area (Å²) in [6.07, 6.45) is 0. The molecule has 0 aromatic heterocycles. The Morgan fingerprint density at radius 1 is 1.33 bits per heavy atom. The fourth-order valence-corrected chi connectivity index (χ4v) is 3.25. The molecular weight excluding hydrogens is 308 g/mol. The molecule has 0 saturated heterocycles. The van der Waals surface area contributed by atoms with E-state index in [4.69, 9.17) is 27.3 Å². The highest BCUT2D eigenvalue weighted by Crippen LogP contribution is 2.25. The molecule has 2 N–H and O–H groups in total. The Morgan fingerprint density at radius 3 is 2.71 bits per heavy atom. The van der Waals surface area contributed by atoms with Crippen LogP contribution in [0.1, 0.15) is 11.1 Å². The molecule has 1 unspecified atom stereocenters. The predicted molar refractivity (Wildman–Crippen MR) is 83.7 cm³/mol. The number of hydrogen-bond acceptors (Lipinski definition) is 4. The third-order valence-electron chi connectivity index (χ3n) is 2.90. The number of halogens is 1. The number of benzene rings is 2. The van der Waals surface area contributed by atoms with Crippen LogP contribution in [0.2, 0.25) is 5.02 Å². The van der Waals surface area contributed by atoms with Gasteiger partial charge in [0.15, 0.2) is 0 Å². The summed E-state index contributed by atoms with van der Waals surface area (Å²) in [6.45, 7) is 0. The second-order valence-corrected chi connectivity index (χ2v) is 6.17. The molecule has 4 nitrogen and oxygen atoms in total. The fraction of sp³-hybridized carbons (Fsp3) is 0.133. The number of anilines is 1. The third-order valence-corrected chi connectivity index (χ3v) is 4.59. The largest absolute Gasteiger partial charge is 0.495 e. The molecule has 0 aliphatic rings. The maximum Gasteiger partial charge on any atom is 0.136 e. The van der Waals surface area contributed by atoms with Crippen molar-refractivity contribution in [2.75, 3.05) is 12.8 Å². The zero-order valence-corrected chi connectivity index (χ0v) is 12.9. The Balaban J connectivity index is 2.26. The Bertz CT molecular complexity index is 741. The topological polar surface area (TPSA) is 76.1 Å². The first kappa shape index (κ1) is 15.4. The highest BCUT2D eigenvalue weighted by Gasteiger charge is 2.11. The molecular formula is C15H13ClN2O2S. The molecule has 0 aliphatic heterocycles. The normalized spacial score (nSPS) is 11.7. The first-order valence-electron chi connectivity index (χ1n) is 6.05. The molecule has 21 heavy (non-hydrogen) atoms. The predicted octanol–water partition coefficient (Wildman–Crippen LogP) is 3.11. The molecule has 0 saturated carbocycles. The summed E-state index contributed by atoms with van der Waals surface area (Å²) in [6, 6.07) is 12.1. The SMILES string of the molecule is COc1ccc(CS(=O)c2ccc(Cl)cc2N)cc1C#N. The average Bonchev–Trinajstić information content (AvgIpc) is 2.46. The van der Waals surface area contributed by atoms with E-state index >= 15 is 0 Å². The lowest BCUT2D eigenvalue weighted by atomic mass is 10.1. The zero-order valence-electron chi connectivity index (χ0n) is 11.3. The van der Waals surface area contributed by atoms with Crippen molar-refractivity contribution in [2.45, 2.75) is 10.6 Å². The highest BCUT2D eigenvalue weighted by atomic mass is 35.5. The minimum absolute atomic E-state index is 0.268. The number of hydrogen-bond donors (Lipinski definition) is 1. The smallest absolute Gasteiger partial charge is 0.136 e. The molecule has 0 aliphatic carbocycles. The third kappa shape index (κ3) is 3.54. The van der Waals surface area contributed by atoms with Crippen LogP contribution in [0.15, 0.2) is 41.3 Å². The van der Waals surface area contributed by atoms with Crippen LogP contribution in [0.3, 0.4) is 0 Å². The number of methoxy groups -OCH3 is 1. The van der Waals surface area contributed by atoms with Gasteiger partial charge in [0.05, 0.1) is 34.1 Å². The lowest BCUT2D eigenvalue weighted by Crippen LogP contribution is -2.01. The molecule has 2 aromatic carbocycles. The molecule has 0 radical (unpaired) electrons. The van der Waals surface area contributed by atoms with Crippen molar-refractivity contribution in [3.63, 3.8) is 0 Å². The first-order chi connectivity index (χ1) is 10.0. The van der Waals surface area contributed by atoms with Crippen molar-refractivity contribution in [3.8, 4) is 11.8 Å². The van der Waals surface area contributed by atoms with Crippen LogP contribution in [-0.2, 0) is 16.6 Å². The molecule has 0 amide bonds. The number of rotatable bonds is 4. The van der Waals surface area contributed by atoms with Gasteiger partial charge in [0.2, 0.25) is 0 Å². The number of nitrogens with zero attached hydrogens (tertiary/aromatic N) is 1. The number of nitrogen functional groups attached to an aromatic ring is 1. The summed E-state index contributed by atoms with van der Waals surface area (Å²) < 4.78 is 17.5. The van der Waals surface area contributed by atoms with Crippen molar-refractivity contribution in [1.82, 2.24) is 0 Å². The molecule has 2 aromatic rings. The van der Waals surface area contributed by atoms with Crippen LogP contribution in [-0.4, -0.2) is 11.3 Å². The van der Waals surface area contributed by atoms with Gasteiger partial charge < -0.3 is 10.5 Å². The number of ether oxygens (including phenoxy) is 1. The van der Waals surface area contributed by atoms with E-state index in [1.165, 1.54) is 7.11 Å². The van der Waals surface area contributed by atoms with E-state index in [1.807, 2.05) is 0 Å². The van der Waals surface area contributed by atoms with E-state index in [1.54, 1.807) is 36.4 Å². The Kier molecular flexibility index (Phi) is 4.84. The quantitative estimate of drug-likeness (QED) is 0.878. The van der Waals surface area contributed by atoms with E-state index in [0.29, 0.717) is 26.9 Å². The van der Waals surface area contributed by atoms with E-state index < -0.39 is 10.8 Å². The molecule has 0 spiro atoms. The van der Waals surface area contributed by atoms with Gasteiger partial charge >= 0.3 is 0 Å². The monoisotopic (exact) mass is 320 g/mol. The van der Waals surface area contributed by atoms with Crippen LogP contribution in [0, 0.1) is 11.3 Å². The summed E-state index contributed by atoms with van der Waals surface area (Å²) in [7, 11) is 0.195. The zero-order chi connectivity index (χ0) is 15.4. The molecule has 0 fully saturated rings. The van der Waals surface area contributed by atoms with E-state index in [-0.39, 0.29) is 5.75 Å². The van der Waals surface area contributed by atoms with Crippen LogP contribution in [0.5, 0.6) is 5.75 Å². The summed E-state index contributed by atoms with van der Waals surface area (Å²) in [5.74, 6) is 0.767. The van der Waals surface area contributed by atoms with Crippen LogP contribution in [0.25, 0.3) is 0 Å². The Labute approximate surface area is 130 Å². The van der Waals surface area contributed by atoms with Gasteiger partial charge in [0.25, 0.3) is 0 Å². The van der Waals surface area contributed by atoms with Gasteiger partial charge in [0, 0.05) is 10.7 Å². The van der Waals surface area contributed by atoms with Crippen LogP contribution in [0.4, 0.5) is 5.69 Å². The van der Waals surface area contributed by atoms with E-state index in [9.17, 15) is 4.21 Å². The number of nitriles is 1. The lowest BCUT2D eigenvalue weighted by Gasteiger charge is -2.08. The van der Waals surface area contributed by atoms with Gasteiger partial charge in [-0.25, -0.2) is 0 Å².